The lowest BCUT2D eigenvalue weighted by Crippen LogP contribution is -2.19. The maximum atomic E-state index is 12.3. The van der Waals surface area contributed by atoms with E-state index in [0.29, 0.717) is 35.1 Å². The van der Waals surface area contributed by atoms with E-state index < -0.39 is 0 Å². The number of benzene rings is 2. The van der Waals surface area contributed by atoms with Crippen molar-refractivity contribution >= 4 is 23.3 Å². The summed E-state index contributed by atoms with van der Waals surface area (Å²) >= 11 is 0. The van der Waals surface area contributed by atoms with E-state index in [9.17, 15) is 14.4 Å². The predicted octanol–water partition coefficient (Wildman–Crippen LogP) is 4.49. The van der Waals surface area contributed by atoms with Gasteiger partial charge in [0, 0.05) is 23.2 Å². The molecule has 2 fully saturated rings. The molecule has 2 aromatic carbocycles. The molecule has 1 N–H and O–H groups in total. The molecule has 2 aromatic rings. The minimum absolute atomic E-state index is 0.209. The minimum atomic E-state index is -0.275. The highest BCUT2D eigenvalue weighted by atomic mass is 16.5. The summed E-state index contributed by atoms with van der Waals surface area (Å²) in [7, 11) is 0. The monoisotopic (exact) mass is 391 g/mol. The zero-order valence-electron chi connectivity index (χ0n) is 16.3. The van der Waals surface area contributed by atoms with Crippen LogP contribution in [0.25, 0.3) is 0 Å². The standard InChI is InChI=1S/C24H25NO4/c26-22(15-29-23(27)14-20-13-16-6-7-19(20)12-16)17-8-10-21(11-9-17)25-24(28)18-4-2-1-3-5-18/h1-5,8-11,16,19-20H,6-7,12-15H2,(H,25,28)/t16-,19-,20-/m1/s1. The number of fused-ring (bicyclic) bond motifs is 2. The van der Waals surface area contributed by atoms with Gasteiger partial charge < -0.3 is 10.1 Å². The second-order valence-corrected chi connectivity index (χ2v) is 8.12. The predicted molar refractivity (Wildman–Crippen MR) is 110 cm³/mol. The lowest BCUT2D eigenvalue weighted by molar-refractivity contribution is -0.144. The van der Waals surface area contributed by atoms with Gasteiger partial charge in [0.05, 0.1) is 0 Å². The second kappa shape index (κ2) is 8.60. The van der Waals surface area contributed by atoms with E-state index in [1.807, 2.05) is 6.07 Å². The second-order valence-electron chi connectivity index (χ2n) is 8.12. The van der Waals surface area contributed by atoms with Crippen LogP contribution in [-0.2, 0) is 9.53 Å². The normalized spacial score (nSPS) is 22.3. The Balaban J connectivity index is 1.24. The van der Waals surface area contributed by atoms with Crippen LogP contribution in [0.15, 0.2) is 54.6 Å². The average molecular weight is 391 g/mol. The van der Waals surface area contributed by atoms with Gasteiger partial charge in [-0.2, -0.15) is 0 Å². The van der Waals surface area contributed by atoms with Crippen molar-refractivity contribution in [1.29, 1.82) is 0 Å². The largest absolute Gasteiger partial charge is 0.457 e. The summed E-state index contributed by atoms with van der Waals surface area (Å²) in [6, 6.07) is 15.5. The van der Waals surface area contributed by atoms with E-state index in [0.717, 1.165) is 12.3 Å². The van der Waals surface area contributed by atoms with Gasteiger partial charge >= 0.3 is 5.97 Å². The summed E-state index contributed by atoms with van der Waals surface area (Å²) in [5.41, 5.74) is 1.62. The zero-order valence-corrected chi connectivity index (χ0v) is 16.3. The number of esters is 1. The molecule has 3 atom stereocenters. The fourth-order valence-corrected chi connectivity index (χ4v) is 4.66. The van der Waals surface area contributed by atoms with Gasteiger partial charge in [0.15, 0.2) is 12.4 Å². The number of anilines is 1. The summed E-state index contributed by atoms with van der Waals surface area (Å²) in [6.07, 6.45) is 5.35. The first-order valence-electron chi connectivity index (χ1n) is 10.2. The molecule has 2 saturated carbocycles. The number of Topliss-reactive ketones (excluding diaryl/α,β-unsaturated/α-hetero) is 1. The zero-order chi connectivity index (χ0) is 20.2. The topological polar surface area (TPSA) is 72.5 Å². The van der Waals surface area contributed by atoms with Crippen molar-refractivity contribution < 1.29 is 19.1 Å². The third-order valence-corrected chi connectivity index (χ3v) is 6.18. The number of carbonyl (C=O) groups excluding carboxylic acids is 3. The molecule has 2 aliphatic rings. The van der Waals surface area contributed by atoms with E-state index >= 15 is 0 Å². The van der Waals surface area contributed by atoms with E-state index in [2.05, 4.69) is 5.32 Å². The van der Waals surface area contributed by atoms with Crippen LogP contribution in [0.3, 0.4) is 0 Å². The molecule has 0 aromatic heterocycles. The summed E-state index contributed by atoms with van der Waals surface area (Å²) in [5, 5.41) is 2.79. The van der Waals surface area contributed by atoms with Crippen molar-refractivity contribution in [2.45, 2.75) is 32.1 Å². The van der Waals surface area contributed by atoms with Gasteiger partial charge in [0.1, 0.15) is 0 Å². The Hall–Kier alpha value is -2.95. The Labute approximate surface area is 170 Å². The van der Waals surface area contributed by atoms with Crippen LogP contribution in [0.2, 0.25) is 0 Å². The van der Waals surface area contributed by atoms with E-state index in [1.54, 1.807) is 48.5 Å². The fourth-order valence-electron chi connectivity index (χ4n) is 4.66. The number of hydrogen-bond donors (Lipinski definition) is 1. The van der Waals surface area contributed by atoms with Crippen molar-refractivity contribution in [2.24, 2.45) is 17.8 Å². The van der Waals surface area contributed by atoms with Crippen molar-refractivity contribution in [2.75, 3.05) is 11.9 Å². The van der Waals surface area contributed by atoms with Crippen LogP contribution >= 0.6 is 0 Å². The maximum absolute atomic E-state index is 12.3. The Kier molecular flexibility index (Phi) is 5.74. The summed E-state index contributed by atoms with van der Waals surface area (Å²) < 4.78 is 5.22. The number of nitrogens with one attached hydrogen (secondary N) is 1. The average Bonchev–Trinajstić information content (AvgIpc) is 3.36. The molecule has 1 amide bonds. The molecule has 4 rings (SSSR count). The molecule has 0 saturated heterocycles. The molecule has 0 unspecified atom stereocenters. The lowest BCUT2D eigenvalue weighted by atomic mass is 9.86. The van der Waals surface area contributed by atoms with Crippen LogP contribution < -0.4 is 5.32 Å². The van der Waals surface area contributed by atoms with Crippen molar-refractivity contribution in [3.05, 3.63) is 65.7 Å². The molecule has 0 spiro atoms. The number of rotatable bonds is 7. The van der Waals surface area contributed by atoms with Gasteiger partial charge in [0.25, 0.3) is 5.91 Å². The Bertz CT molecular complexity index is 891. The first-order valence-corrected chi connectivity index (χ1v) is 10.2. The number of amides is 1. The fraction of sp³-hybridized carbons (Fsp3) is 0.375. The molecule has 150 valence electrons. The Morgan fingerprint density at radius 1 is 0.897 bits per heavy atom. The lowest BCUT2D eigenvalue weighted by Gasteiger charge is -2.20. The molecule has 5 heteroatoms. The SMILES string of the molecule is O=C(C[C@H]1C[C@@H]2CC[C@@H]1C2)OCC(=O)c1ccc(NC(=O)c2ccccc2)cc1. The summed E-state index contributed by atoms with van der Waals surface area (Å²) in [4.78, 5) is 36.6. The molecular weight excluding hydrogens is 366 g/mol. The summed E-state index contributed by atoms with van der Waals surface area (Å²) in [5.74, 6) is 1.17. The smallest absolute Gasteiger partial charge is 0.306 e. The van der Waals surface area contributed by atoms with Gasteiger partial charge in [-0.25, -0.2) is 0 Å². The Morgan fingerprint density at radius 3 is 2.31 bits per heavy atom. The van der Waals surface area contributed by atoms with Gasteiger partial charge in [-0.15, -0.1) is 0 Å². The first kappa shape index (κ1) is 19.4. The maximum Gasteiger partial charge on any atom is 0.306 e. The molecule has 2 aliphatic carbocycles. The van der Waals surface area contributed by atoms with Gasteiger partial charge in [0.2, 0.25) is 0 Å². The van der Waals surface area contributed by atoms with Gasteiger partial charge in [-0.1, -0.05) is 24.6 Å². The highest BCUT2D eigenvalue weighted by Crippen LogP contribution is 2.49. The molecule has 2 bridgehead atoms. The van der Waals surface area contributed by atoms with Crippen molar-refractivity contribution in [3.63, 3.8) is 0 Å². The van der Waals surface area contributed by atoms with Gasteiger partial charge in [-0.05, 0) is 73.4 Å². The molecule has 5 nitrogen and oxygen atoms in total. The molecule has 0 aliphatic heterocycles. The van der Waals surface area contributed by atoms with Crippen molar-refractivity contribution in [1.82, 2.24) is 0 Å². The molecular formula is C24H25NO4. The molecule has 29 heavy (non-hydrogen) atoms. The van der Waals surface area contributed by atoms with E-state index in [4.69, 9.17) is 4.74 Å². The summed E-state index contributed by atoms with van der Waals surface area (Å²) in [6.45, 7) is -0.241. The molecule has 0 radical (unpaired) electrons. The quantitative estimate of drug-likeness (QED) is 0.557. The Morgan fingerprint density at radius 2 is 1.66 bits per heavy atom. The molecule has 0 heterocycles. The van der Waals surface area contributed by atoms with Crippen LogP contribution in [-0.4, -0.2) is 24.3 Å². The van der Waals surface area contributed by atoms with Crippen LogP contribution in [0.1, 0.15) is 52.8 Å². The van der Waals surface area contributed by atoms with Crippen LogP contribution in [0, 0.1) is 17.8 Å². The number of hydrogen-bond acceptors (Lipinski definition) is 4. The number of carbonyl (C=O) groups is 3. The van der Waals surface area contributed by atoms with Crippen molar-refractivity contribution in [3.8, 4) is 0 Å². The number of ether oxygens (including phenoxy) is 1. The first-order chi connectivity index (χ1) is 14.1. The van der Waals surface area contributed by atoms with E-state index in [-0.39, 0.29) is 24.3 Å². The van der Waals surface area contributed by atoms with E-state index in [1.165, 1.54) is 19.3 Å². The van der Waals surface area contributed by atoms with Gasteiger partial charge in [-0.3, -0.25) is 14.4 Å². The third kappa shape index (κ3) is 4.73. The highest BCUT2D eigenvalue weighted by Gasteiger charge is 2.40. The number of ketones is 1. The van der Waals surface area contributed by atoms with Crippen LogP contribution in [0.4, 0.5) is 5.69 Å². The highest BCUT2D eigenvalue weighted by molar-refractivity contribution is 6.04. The minimum Gasteiger partial charge on any atom is -0.457 e. The third-order valence-electron chi connectivity index (χ3n) is 6.18. The van der Waals surface area contributed by atoms with Crippen LogP contribution in [0.5, 0.6) is 0 Å².